The number of rotatable bonds is 3. The number of alkyl halides is 2. The van der Waals surface area contributed by atoms with E-state index >= 15 is 0 Å². The van der Waals surface area contributed by atoms with E-state index < -0.39 is 26.3 Å². The van der Waals surface area contributed by atoms with Gasteiger partial charge in [0.2, 0.25) is 0 Å². The number of halogens is 3. The first-order valence-electron chi connectivity index (χ1n) is 3.92. The summed E-state index contributed by atoms with van der Waals surface area (Å²) < 4.78 is 50.2. The van der Waals surface area contributed by atoms with E-state index in [1.54, 1.807) is 6.07 Å². The minimum atomic E-state index is -4.16. The summed E-state index contributed by atoms with van der Waals surface area (Å²) in [6.45, 7) is -3.18. The summed E-state index contributed by atoms with van der Waals surface area (Å²) in [6, 6.07) is 3.29. The molecule has 0 radical (unpaired) electrons. The van der Waals surface area contributed by atoms with Gasteiger partial charge in [0, 0.05) is 21.6 Å². The van der Waals surface area contributed by atoms with Gasteiger partial charge in [0.25, 0.3) is 9.05 Å². The zero-order valence-electron chi connectivity index (χ0n) is 7.89. The molecule has 0 N–H and O–H groups in total. The highest BCUT2D eigenvalue weighted by Gasteiger charge is 2.19. The largest absolute Gasteiger partial charge is 0.433 e. The van der Waals surface area contributed by atoms with Crippen LogP contribution in [-0.4, -0.2) is 15.0 Å². The summed E-state index contributed by atoms with van der Waals surface area (Å²) in [5, 5.41) is 8.66. The van der Waals surface area contributed by atoms with Gasteiger partial charge in [-0.3, -0.25) is 0 Å². The van der Waals surface area contributed by atoms with Crippen molar-refractivity contribution in [1.29, 1.82) is 5.26 Å². The molecular formula is C8H4ClF2NO3S2. The average Bonchev–Trinajstić information content (AvgIpc) is 2.17. The Kier molecular flexibility index (Phi) is 4.19. The van der Waals surface area contributed by atoms with Gasteiger partial charge in [0.1, 0.15) is 11.8 Å². The first-order valence-corrected chi connectivity index (χ1v) is 6.68. The zero-order chi connectivity index (χ0) is 13.2. The third-order valence-electron chi connectivity index (χ3n) is 1.66. The molecule has 0 atom stereocenters. The lowest BCUT2D eigenvalue weighted by molar-refractivity contribution is -0.0502. The minimum Gasteiger partial charge on any atom is -0.433 e. The molecule has 0 bridgehead atoms. The smallest absolute Gasteiger partial charge is 0.387 e. The molecule has 9 heteroatoms. The maximum Gasteiger partial charge on any atom is 0.387 e. The van der Waals surface area contributed by atoms with Crippen molar-refractivity contribution in [2.75, 3.05) is 0 Å². The number of hydrogen-bond acceptors (Lipinski definition) is 5. The fourth-order valence-corrected chi connectivity index (χ4v) is 2.68. The molecule has 0 aliphatic carbocycles. The summed E-state index contributed by atoms with van der Waals surface area (Å²) in [4.78, 5) is -0.629. The molecule has 0 aromatic heterocycles. The van der Waals surface area contributed by atoms with Crippen molar-refractivity contribution in [3.05, 3.63) is 17.7 Å². The van der Waals surface area contributed by atoms with Crippen LogP contribution in [0.2, 0.25) is 0 Å². The van der Waals surface area contributed by atoms with E-state index in [4.69, 9.17) is 15.9 Å². The van der Waals surface area contributed by atoms with E-state index in [0.717, 1.165) is 12.1 Å². The Morgan fingerprint density at radius 3 is 2.47 bits per heavy atom. The molecule has 4 nitrogen and oxygen atoms in total. The Hall–Kier alpha value is -1.04. The van der Waals surface area contributed by atoms with E-state index in [-0.39, 0.29) is 10.5 Å². The Morgan fingerprint density at radius 2 is 2.06 bits per heavy atom. The summed E-state index contributed by atoms with van der Waals surface area (Å²) >= 11 is 3.80. The number of nitrogens with zero attached hydrogens (tertiary/aromatic N) is 1. The average molecular weight is 300 g/mol. The topological polar surface area (TPSA) is 67.2 Å². The lowest BCUT2D eigenvalue weighted by Crippen LogP contribution is -2.05. The summed E-state index contributed by atoms with van der Waals surface area (Å²) in [5.41, 5.74) is -0.264. The van der Waals surface area contributed by atoms with Crippen molar-refractivity contribution in [1.82, 2.24) is 0 Å². The normalized spacial score (nSPS) is 11.3. The third kappa shape index (κ3) is 3.46. The van der Waals surface area contributed by atoms with Crippen LogP contribution in [0.25, 0.3) is 0 Å². The van der Waals surface area contributed by atoms with E-state index in [9.17, 15) is 17.2 Å². The summed E-state index contributed by atoms with van der Waals surface area (Å²) in [6.07, 6.45) is 0. The van der Waals surface area contributed by atoms with E-state index in [0.29, 0.717) is 0 Å². The van der Waals surface area contributed by atoms with Crippen LogP contribution >= 0.6 is 23.3 Å². The first kappa shape index (κ1) is 14.0. The van der Waals surface area contributed by atoms with Crippen LogP contribution in [0.3, 0.4) is 0 Å². The Bertz CT molecular complexity index is 583. The molecule has 17 heavy (non-hydrogen) atoms. The van der Waals surface area contributed by atoms with Crippen LogP contribution < -0.4 is 4.74 Å². The van der Waals surface area contributed by atoms with Gasteiger partial charge in [-0.25, -0.2) is 8.42 Å². The molecule has 0 saturated heterocycles. The second-order valence-corrected chi connectivity index (χ2v) is 5.76. The van der Waals surface area contributed by atoms with E-state index in [1.807, 2.05) is 0 Å². The van der Waals surface area contributed by atoms with Crippen molar-refractivity contribution in [2.45, 2.75) is 16.4 Å². The monoisotopic (exact) mass is 299 g/mol. The molecular weight excluding hydrogens is 296 g/mol. The SMILES string of the molecule is N#Cc1cc(S)c(S(=O)(=O)Cl)cc1OC(F)F. The minimum absolute atomic E-state index is 0.127. The van der Waals surface area contributed by atoms with E-state index in [1.165, 1.54) is 0 Å². The molecule has 0 spiro atoms. The number of ether oxygens (including phenoxy) is 1. The Morgan fingerprint density at radius 1 is 1.47 bits per heavy atom. The molecule has 0 aliphatic heterocycles. The highest BCUT2D eigenvalue weighted by molar-refractivity contribution is 8.14. The molecule has 1 rings (SSSR count). The summed E-state index contributed by atoms with van der Waals surface area (Å²) in [7, 11) is 0.910. The fourth-order valence-electron chi connectivity index (χ4n) is 1.03. The zero-order valence-corrected chi connectivity index (χ0v) is 10.4. The predicted octanol–water partition coefficient (Wildman–Crippen LogP) is 2.38. The molecule has 0 aliphatic rings. The van der Waals surface area contributed by atoms with E-state index in [2.05, 4.69) is 17.4 Å². The second-order valence-electron chi connectivity index (χ2n) is 2.74. The maximum absolute atomic E-state index is 12.0. The van der Waals surface area contributed by atoms with Gasteiger partial charge in [0.15, 0.2) is 0 Å². The van der Waals surface area contributed by atoms with Crippen molar-refractivity contribution in [2.24, 2.45) is 0 Å². The quantitative estimate of drug-likeness (QED) is 0.687. The maximum atomic E-state index is 12.0. The van der Waals surface area contributed by atoms with Crippen LogP contribution in [0.1, 0.15) is 5.56 Å². The lowest BCUT2D eigenvalue weighted by atomic mass is 10.2. The van der Waals surface area contributed by atoms with Crippen LogP contribution in [0, 0.1) is 11.3 Å². The number of hydrogen-bond donors (Lipinski definition) is 1. The first-order chi connectivity index (χ1) is 7.75. The predicted molar refractivity (Wildman–Crippen MR) is 58.1 cm³/mol. The van der Waals surface area contributed by atoms with Crippen LogP contribution in [0.15, 0.2) is 21.9 Å². The molecule has 0 heterocycles. The lowest BCUT2D eigenvalue weighted by Gasteiger charge is -2.09. The van der Waals surface area contributed by atoms with Gasteiger partial charge >= 0.3 is 6.61 Å². The van der Waals surface area contributed by atoms with Crippen molar-refractivity contribution >= 4 is 32.4 Å². The third-order valence-corrected chi connectivity index (χ3v) is 3.54. The van der Waals surface area contributed by atoms with Gasteiger partial charge < -0.3 is 4.74 Å². The summed E-state index contributed by atoms with van der Waals surface area (Å²) in [5.74, 6) is -0.570. The van der Waals surface area contributed by atoms with Crippen LogP contribution in [0.4, 0.5) is 8.78 Å². The van der Waals surface area contributed by atoms with Crippen molar-refractivity contribution in [3.8, 4) is 11.8 Å². The van der Waals surface area contributed by atoms with Gasteiger partial charge in [-0.1, -0.05) is 0 Å². The molecule has 1 aromatic rings. The highest BCUT2D eigenvalue weighted by Crippen LogP contribution is 2.31. The fraction of sp³-hybridized carbons (Fsp3) is 0.125. The van der Waals surface area contributed by atoms with Gasteiger partial charge in [-0.15, -0.1) is 12.6 Å². The molecule has 0 saturated carbocycles. The highest BCUT2D eigenvalue weighted by atomic mass is 35.7. The van der Waals surface area contributed by atoms with Crippen LogP contribution in [-0.2, 0) is 9.05 Å². The van der Waals surface area contributed by atoms with Crippen molar-refractivity contribution in [3.63, 3.8) is 0 Å². The molecule has 0 fully saturated rings. The second kappa shape index (κ2) is 5.08. The molecule has 1 aromatic carbocycles. The van der Waals surface area contributed by atoms with Crippen LogP contribution in [0.5, 0.6) is 5.75 Å². The van der Waals surface area contributed by atoms with Gasteiger partial charge in [-0.05, 0) is 6.07 Å². The Labute approximate surface area is 106 Å². The molecule has 92 valence electrons. The number of benzene rings is 1. The standard InChI is InChI=1S/C8H4ClF2NO3S2/c9-17(13,14)7-2-5(15-8(10)11)4(3-12)1-6(7)16/h1-2,8,16H. The van der Waals surface area contributed by atoms with Crippen molar-refractivity contribution < 1.29 is 21.9 Å². The number of thiol groups is 1. The Balaban J connectivity index is 3.45. The molecule has 0 amide bonds. The molecule has 0 unspecified atom stereocenters. The van der Waals surface area contributed by atoms with Gasteiger partial charge in [-0.2, -0.15) is 14.0 Å². The number of nitriles is 1. The van der Waals surface area contributed by atoms with Gasteiger partial charge in [0.05, 0.1) is 10.5 Å².